The van der Waals surface area contributed by atoms with Gasteiger partial charge >= 0.3 is 0 Å². The number of benzene rings is 1. The Balaban J connectivity index is 1.47. The minimum atomic E-state index is -0.281. The Labute approximate surface area is 169 Å². The smallest absolute Gasteiger partial charge is 0.294 e. The highest BCUT2D eigenvalue weighted by molar-refractivity contribution is 7.98. The molecule has 4 aromatic heterocycles. The Hall–Kier alpha value is -3.46. The van der Waals surface area contributed by atoms with E-state index in [0.29, 0.717) is 22.7 Å². The third-order valence-electron chi connectivity index (χ3n) is 4.59. The van der Waals surface area contributed by atoms with E-state index in [9.17, 15) is 4.79 Å². The highest BCUT2D eigenvalue weighted by atomic mass is 32.2. The zero-order chi connectivity index (χ0) is 19.8. The molecule has 144 valence electrons. The summed E-state index contributed by atoms with van der Waals surface area (Å²) in [5, 5.41) is 10.2. The molecule has 8 nitrogen and oxygen atoms in total. The summed E-state index contributed by atoms with van der Waals surface area (Å²) >= 11 is 1.48. The maximum absolute atomic E-state index is 12.5. The van der Waals surface area contributed by atoms with Gasteiger partial charge in [-0.25, -0.2) is 4.98 Å². The fraction of sp³-hybridized carbons (Fsp3) is 0.150. The molecule has 0 amide bonds. The van der Waals surface area contributed by atoms with Gasteiger partial charge in [-0.2, -0.15) is 0 Å². The maximum Gasteiger partial charge on any atom is 0.294 e. The molecular formula is C20H16N6O2S. The number of para-hydroxylation sites is 1. The van der Waals surface area contributed by atoms with E-state index in [1.807, 2.05) is 47.9 Å². The number of fused-ring (bicyclic) bond motifs is 3. The summed E-state index contributed by atoms with van der Waals surface area (Å²) in [7, 11) is 0. The molecule has 29 heavy (non-hydrogen) atoms. The molecule has 1 N–H and O–H groups in total. The SMILES string of the molecule is CCn1c(SCc2nc3c(oc4ccccc43)c(=O)[nH]2)nnc1-c1ccncc1. The van der Waals surface area contributed by atoms with Gasteiger partial charge in [0.1, 0.15) is 16.9 Å². The summed E-state index contributed by atoms with van der Waals surface area (Å²) in [5.74, 6) is 1.81. The maximum atomic E-state index is 12.5. The van der Waals surface area contributed by atoms with Gasteiger partial charge in [-0.3, -0.25) is 9.78 Å². The lowest BCUT2D eigenvalue weighted by atomic mass is 10.2. The van der Waals surface area contributed by atoms with Crippen LogP contribution in [-0.4, -0.2) is 29.7 Å². The van der Waals surface area contributed by atoms with E-state index in [-0.39, 0.29) is 11.1 Å². The Morgan fingerprint density at radius 1 is 1.14 bits per heavy atom. The van der Waals surface area contributed by atoms with Crippen molar-refractivity contribution in [1.82, 2.24) is 29.7 Å². The molecule has 0 saturated carbocycles. The molecule has 0 atom stereocenters. The van der Waals surface area contributed by atoms with Crippen molar-refractivity contribution in [2.45, 2.75) is 24.4 Å². The third kappa shape index (κ3) is 3.09. The average molecular weight is 404 g/mol. The van der Waals surface area contributed by atoms with Gasteiger partial charge in [0.15, 0.2) is 11.0 Å². The minimum Gasteiger partial charge on any atom is -0.449 e. The van der Waals surface area contributed by atoms with Crippen LogP contribution < -0.4 is 5.56 Å². The molecule has 9 heteroatoms. The first-order valence-corrected chi connectivity index (χ1v) is 10.1. The van der Waals surface area contributed by atoms with E-state index < -0.39 is 0 Å². The molecule has 0 unspecified atom stereocenters. The minimum absolute atomic E-state index is 0.247. The van der Waals surface area contributed by atoms with E-state index in [2.05, 4.69) is 25.1 Å². The van der Waals surface area contributed by atoms with Crippen LogP contribution in [0.3, 0.4) is 0 Å². The van der Waals surface area contributed by atoms with E-state index in [1.165, 1.54) is 11.8 Å². The van der Waals surface area contributed by atoms with Gasteiger partial charge < -0.3 is 14.0 Å². The lowest BCUT2D eigenvalue weighted by Gasteiger charge is -2.07. The van der Waals surface area contributed by atoms with Crippen molar-refractivity contribution in [3.63, 3.8) is 0 Å². The largest absolute Gasteiger partial charge is 0.449 e. The molecule has 0 spiro atoms. The van der Waals surface area contributed by atoms with E-state index in [0.717, 1.165) is 28.5 Å². The van der Waals surface area contributed by atoms with Crippen molar-refractivity contribution >= 4 is 33.8 Å². The molecule has 0 aliphatic rings. The Kier molecular flexibility index (Phi) is 4.36. The van der Waals surface area contributed by atoms with Crippen molar-refractivity contribution in [2.24, 2.45) is 0 Å². The van der Waals surface area contributed by atoms with Crippen LogP contribution in [-0.2, 0) is 12.3 Å². The number of nitrogens with zero attached hydrogens (tertiary/aromatic N) is 5. The summed E-state index contributed by atoms with van der Waals surface area (Å²) in [6.07, 6.45) is 3.46. The van der Waals surface area contributed by atoms with E-state index in [4.69, 9.17) is 4.42 Å². The lowest BCUT2D eigenvalue weighted by Crippen LogP contribution is -2.10. The molecule has 0 bridgehead atoms. The van der Waals surface area contributed by atoms with E-state index >= 15 is 0 Å². The predicted octanol–water partition coefficient (Wildman–Crippen LogP) is 3.64. The fourth-order valence-corrected chi connectivity index (χ4v) is 4.12. The quantitative estimate of drug-likeness (QED) is 0.446. The molecule has 0 aliphatic heterocycles. The summed E-state index contributed by atoms with van der Waals surface area (Å²) in [6.45, 7) is 2.77. The van der Waals surface area contributed by atoms with Crippen molar-refractivity contribution < 1.29 is 4.42 Å². The monoisotopic (exact) mass is 404 g/mol. The lowest BCUT2D eigenvalue weighted by molar-refractivity contribution is 0.660. The normalized spacial score (nSPS) is 11.5. The molecule has 4 heterocycles. The topological polar surface area (TPSA) is 102 Å². The molecule has 0 fully saturated rings. The summed E-state index contributed by atoms with van der Waals surface area (Å²) in [6, 6.07) is 11.3. The van der Waals surface area contributed by atoms with Crippen LogP contribution in [0.25, 0.3) is 33.5 Å². The number of hydrogen-bond acceptors (Lipinski definition) is 7. The van der Waals surface area contributed by atoms with Gasteiger partial charge in [0.25, 0.3) is 5.56 Å². The van der Waals surface area contributed by atoms with Gasteiger partial charge in [0, 0.05) is 29.9 Å². The summed E-state index contributed by atoms with van der Waals surface area (Å²) in [5.41, 5.74) is 2.15. The van der Waals surface area contributed by atoms with Gasteiger partial charge in [0.05, 0.1) is 5.75 Å². The van der Waals surface area contributed by atoms with Crippen molar-refractivity contribution in [3.05, 3.63) is 65.0 Å². The molecule has 0 radical (unpaired) electrons. The highest BCUT2D eigenvalue weighted by Crippen LogP contribution is 2.27. The second-order valence-corrected chi connectivity index (χ2v) is 7.31. The van der Waals surface area contributed by atoms with Crippen LogP contribution in [0.4, 0.5) is 0 Å². The molecule has 5 aromatic rings. The van der Waals surface area contributed by atoms with E-state index in [1.54, 1.807) is 12.4 Å². The first-order chi connectivity index (χ1) is 14.2. The second kappa shape index (κ2) is 7.17. The van der Waals surface area contributed by atoms with Crippen molar-refractivity contribution in [2.75, 3.05) is 0 Å². The molecular weight excluding hydrogens is 388 g/mol. The highest BCUT2D eigenvalue weighted by Gasteiger charge is 2.16. The summed E-state index contributed by atoms with van der Waals surface area (Å²) in [4.78, 5) is 23.9. The Morgan fingerprint density at radius 2 is 1.97 bits per heavy atom. The van der Waals surface area contributed by atoms with Crippen molar-refractivity contribution in [3.8, 4) is 11.4 Å². The number of H-pyrrole nitrogens is 1. The first-order valence-electron chi connectivity index (χ1n) is 9.11. The zero-order valence-electron chi connectivity index (χ0n) is 15.5. The first kappa shape index (κ1) is 17.6. The number of pyridine rings is 1. The number of hydrogen-bond donors (Lipinski definition) is 1. The van der Waals surface area contributed by atoms with Crippen LogP contribution in [0.15, 0.2) is 63.2 Å². The molecule has 0 aliphatic carbocycles. The van der Waals surface area contributed by atoms with Crippen LogP contribution in [0.5, 0.6) is 0 Å². The third-order valence-corrected chi connectivity index (χ3v) is 5.57. The standard InChI is InChI=1S/C20H16N6O2S/c1-2-26-18(12-7-9-21-10-8-12)24-25-20(26)29-11-15-22-16-13-5-3-4-6-14(13)28-17(16)19(27)23-15/h3-10H,2,11H2,1H3,(H,22,23,27). The number of furan rings is 1. The molecule has 1 aromatic carbocycles. The van der Waals surface area contributed by atoms with Crippen LogP contribution in [0, 0.1) is 0 Å². The van der Waals surface area contributed by atoms with Gasteiger partial charge in [-0.05, 0) is 31.2 Å². The Bertz CT molecular complexity index is 1370. The van der Waals surface area contributed by atoms with Crippen molar-refractivity contribution in [1.29, 1.82) is 0 Å². The molecule has 0 saturated heterocycles. The number of nitrogens with one attached hydrogen (secondary N) is 1. The number of thioether (sulfide) groups is 1. The average Bonchev–Trinajstić information content (AvgIpc) is 3.34. The number of rotatable bonds is 5. The number of aromatic nitrogens is 6. The zero-order valence-corrected chi connectivity index (χ0v) is 16.3. The fourth-order valence-electron chi connectivity index (χ4n) is 3.24. The van der Waals surface area contributed by atoms with Gasteiger partial charge in [0.2, 0.25) is 5.58 Å². The van der Waals surface area contributed by atoms with Crippen LogP contribution in [0.2, 0.25) is 0 Å². The van der Waals surface area contributed by atoms with Crippen LogP contribution in [0.1, 0.15) is 12.7 Å². The van der Waals surface area contributed by atoms with Gasteiger partial charge in [-0.15, -0.1) is 10.2 Å². The second-order valence-electron chi connectivity index (χ2n) is 6.36. The molecule has 5 rings (SSSR count). The predicted molar refractivity (Wildman–Crippen MR) is 111 cm³/mol. The summed E-state index contributed by atoms with van der Waals surface area (Å²) < 4.78 is 7.68. The number of aromatic amines is 1. The van der Waals surface area contributed by atoms with Gasteiger partial charge in [-0.1, -0.05) is 23.9 Å². The Morgan fingerprint density at radius 3 is 2.79 bits per heavy atom. The van der Waals surface area contributed by atoms with Crippen LogP contribution >= 0.6 is 11.8 Å².